The van der Waals surface area contributed by atoms with E-state index in [0.717, 1.165) is 16.5 Å². The topological polar surface area (TPSA) is 0 Å². The molecule has 0 fully saturated rings. The first-order chi connectivity index (χ1) is 8.61. The number of rotatable bonds is 3. The first kappa shape index (κ1) is 13.4. The first-order valence-electron chi connectivity index (χ1n) is 5.35. The molecular formula is C14H11ClF2S. The van der Waals surface area contributed by atoms with Crippen molar-refractivity contribution in [1.29, 1.82) is 0 Å². The predicted octanol–water partition coefficient (Wildman–Crippen LogP) is 5.01. The van der Waals surface area contributed by atoms with Crippen molar-refractivity contribution in [2.45, 2.75) is 10.3 Å². The van der Waals surface area contributed by atoms with Gasteiger partial charge in [-0.3, -0.25) is 0 Å². The van der Waals surface area contributed by atoms with Crippen LogP contribution in [0.2, 0.25) is 0 Å². The second-order valence-electron chi connectivity index (χ2n) is 3.80. The Morgan fingerprint density at radius 1 is 1.06 bits per heavy atom. The van der Waals surface area contributed by atoms with Crippen molar-refractivity contribution in [2.75, 3.05) is 6.26 Å². The Hall–Kier alpha value is -1.06. The van der Waals surface area contributed by atoms with Crippen LogP contribution in [-0.2, 0) is 0 Å². The average molecular weight is 285 g/mol. The highest BCUT2D eigenvalue weighted by atomic mass is 35.5. The lowest BCUT2D eigenvalue weighted by Crippen LogP contribution is -1.97. The minimum atomic E-state index is -0.621. The molecule has 1 atom stereocenters. The number of hydrogen-bond donors (Lipinski definition) is 0. The zero-order valence-corrected chi connectivity index (χ0v) is 11.2. The summed E-state index contributed by atoms with van der Waals surface area (Å²) in [7, 11) is 0. The zero-order valence-electron chi connectivity index (χ0n) is 9.66. The van der Waals surface area contributed by atoms with Crippen LogP contribution < -0.4 is 0 Å². The van der Waals surface area contributed by atoms with Gasteiger partial charge in [-0.1, -0.05) is 18.2 Å². The van der Waals surface area contributed by atoms with E-state index in [9.17, 15) is 8.78 Å². The second kappa shape index (κ2) is 5.72. The molecule has 0 heterocycles. The van der Waals surface area contributed by atoms with Gasteiger partial charge in [-0.2, -0.15) is 0 Å². The summed E-state index contributed by atoms with van der Waals surface area (Å²) < 4.78 is 26.4. The molecule has 2 rings (SSSR count). The maximum Gasteiger partial charge on any atom is 0.131 e. The molecule has 0 amide bonds. The molecule has 94 valence electrons. The summed E-state index contributed by atoms with van der Waals surface area (Å²) >= 11 is 7.84. The average Bonchev–Trinajstić information content (AvgIpc) is 2.38. The molecule has 2 aromatic carbocycles. The summed E-state index contributed by atoms with van der Waals surface area (Å²) in [4.78, 5) is 1.11. The van der Waals surface area contributed by atoms with Gasteiger partial charge in [0.15, 0.2) is 0 Å². The highest BCUT2D eigenvalue weighted by Crippen LogP contribution is 2.31. The third kappa shape index (κ3) is 2.85. The fourth-order valence-electron chi connectivity index (χ4n) is 1.66. The van der Waals surface area contributed by atoms with Gasteiger partial charge in [0, 0.05) is 16.5 Å². The standard InChI is InChI=1S/C14H11ClF2S/c1-18-11-5-2-9(3-6-11)14(15)12-7-4-10(16)8-13(12)17/h2-8,14H,1H3. The maximum absolute atomic E-state index is 13.6. The van der Waals surface area contributed by atoms with Crippen LogP contribution in [0.3, 0.4) is 0 Å². The smallest absolute Gasteiger partial charge is 0.131 e. The molecule has 4 heteroatoms. The predicted molar refractivity (Wildman–Crippen MR) is 72.3 cm³/mol. The van der Waals surface area contributed by atoms with Crippen LogP contribution in [-0.4, -0.2) is 6.26 Å². The number of hydrogen-bond acceptors (Lipinski definition) is 1. The van der Waals surface area contributed by atoms with Crippen LogP contribution in [0.1, 0.15) is 16.5 Å². The summed E-state index contributed by atoms with van der Waals surface area (Å²) in [5.74, 6) is -1.22. The Labute approximate surface area is 114 Å². The van der Waals surface area contributed by atoms with E-state index in [1.807, 2.05) is 30.5 Å². The number of thioether (sulfide) groups is 1. The molecule has 0 saturated carbocycles. The molecule has 1 unspecified atom stereocenters. The van der Waals surface area contributed by atoms with E-state index in [4.69, 9.17) is 11.6 Å². The fourth-order valence-corrected chi connectivity index (χ4v) is 2.39. The summed E-state index contributed by atoms with van der Waals surface area (Å²) in [6.45, 7) is 0. The molecule has 0 radical (unpaired) electrons. The molecule has 0 aliphatic heterocycles. The first-order valence-corrected chi connectivity index (χ1v) is 7.01. The second-order valence-corrected chi connectivity index (χ2v) is 5.12. The lowest BCUT2D eigenvalue weighted by molar-refractivity contribution is 0.573. The van der Waals surface area contributed by atoms with Crippen molar-refractivity contribution in [3.8, 4) is 0 Å². The molecule has 18 heavy (non-hydrogen) atoms. The van der Waals surface area contributed by atoms with Crippen LogP contribution in [0.15, 0.2) is 47.4 Å². The largest absolute Gasteiger partial charge is 0.207 e. The van der Waals surface area contributed by atoms with Crippen molar-refractivity contribution >= 4 is 23.4 Å². The van der Waals surface area contributed by atoms with Gasteiger partial charge in [0.05, 0.1) is 5.38 Å². The Bertz CT molecular complexity index is 540. The van der Waals surface area contributed by atoms with Crippen molar-refractivity contribution < 1.29 is 8.78 Å². The summed E-state index contributed by atoms with van der Waals surface area (Å²) in [6.07, 6.45) is 1.98. The van der Waals surface area contributed by atoms with Gasteiger partial charge in [-0.15, -0.1) is 23.4 Å². The molecular weight excluding hydrogens is 274 g/mol. The number of halogens is 3. The summed E-state index contributed by atoms with van der Waals surface area (Å²) in [5.41, 5.74) is 1.08. The third-order valence-electron chi connectivity index (χ3n) is 2.64. The number of alkyl halides is 1. The van der Waals surface area contributed by atoms with Crippen molar-refractivity contribution in [3.63, 3.8) is 0 Å². The Morgan fingerprint density at radius 3 is 2.28 bits per heavy atom. The summed E-state index contributed by atoms with van der Waals surface area (Å²) in [5, 5.41) is -0.610. The van der Waals surface area contributed by atoms with Crippen molar-refractivity contribution in [3.05, 3.63) is 65.2 Å². The van der Waals surface area contributed by atoms with Crippen molar-refractivity contribution in [1.82, 2.24) is 0 Å². The summed E-state index contributed by atoms with van der Waals surface area (Å²) in [6, 6.07) is 11.0. The van der Waals surface area contributed by atoms with Gasteiger partial charge in [0.1, 0.15) is 11.6 Å². The molecule has 0 aliphatic rings. The molecule has 0 aromatic heterocycles. The van der Waals surface area contributed by atoms with Crippen LogP contribution >= 0.6 is 23.4 Å². The van der Waals surface area contributed by atoms with Gasteiger partial charge in [0.25, 0.3) is 0 Å². The normalized spacial score (nSPS) is 12.4. The Balaban J connectivity index is 2.31. The van der Waals surface area contributed by atoms with E-state index in [0.29, 0.717) is 0 Å². The van der Waals surface area contributed by atoms with E-state index >= 15 is 0 Å². The fraction of sp³-hybridized carbons (Fsp3) is 0.143. The van der Waals surface area contributed by atoms with Gasteiger partial charge in [0.2, 0.25) is 0 Å². The van der Waals surface area contributed by atoms with Crippen LogP contribution in [0, 0.1) is 11.6 Å². The third-order valence-corrected chi connectivity index (χ3v) is 3.87. The van der Waals surface area contributed by atoms with E-state index in [-0.39, 0.29) is 5.56 Å². The van der Waals surface area contributed by atoms with Gasteiger partial charge in [-0.25, -0.2) is 8.78 Å². The molecule has 0 saturated heterocycles. The van der Waals surface area contributed by atoms with Crippen LogP contribution in [0.5, 0.6) is 0 Å². The van der Waals surface area contributed by atoms with Crippen LogP contribution in [0.4, 0.5) is 8.78 Å². The molecule has 0 spiro atoms. The van der Waals surface area contributed by atoms with E-state index in [1.54, 1.807) is 11.8 Å². The molecule has 0 aliphatic carbocycles. The molecule has 2 aromatic rings. The highest BCUT2D eigenvalue weighted by Gasteiger charge is 2.15. The highest BCUT2D eigenvalue weighted by molar-refractivity contribution is 7.98. The Kier molecular flexibility index (Phi) is 4.25. The van der Waals surface area contributed by atoms with Gasteiger partial charge in [-0.05, 0) is 30.0 Å². The number of benzene rings is 2. The SMILES string of the molecule is CSc1ccc(C(Cl)c2ccc(F)cc2F)cc1. The minimum absolute atomic E-state index is 0.287. The lowest BCUT2D eigenvalue weighted by Gasteiger charge is -2.11. The lowest BCUT2D eigenvalue weighted by atomic mass is 10.0. The zero-order chi connectivity index (χ0) is 13.1. The Morgan fingerprint density at radius 2 is 1.72 bits per heavy atom. The van der Waals surface area contributed by atoms with Gasteiger partial charge >= 0.3 is 0 Å². The van der Waals surface area contributed by atoms with Crippen LogP contribution in [0.25, 0.3) is 0 Å². The van der Waals surface area contributed by atoms with E-state index < -0.39 is 17.0 Å². The maximum atomic E-state index is 13.6. The quantitative estimate of drug-likeness (QED) is 0.564. The van der Waals surface area contributed by atoms with E-state index in [2.05, 4.69) is 0 Å². The van der Waals surface area contributed by atoms with Crippen molar-refractivity contribution in [2.24, 2.45) is 0 Å². The minimum Gasteiger partial charge on any atom is -0.207 e. The monoisotopic (exact) mass is 284 g/mol. The molecule has 0 bridgehead atoms. The van der Waals surface area contributed by atoms with E-state index in [1.165, 1.54) is 12.1 Å². The van der Waals surface area contributed by atoms with Gasteiger partial charge < -0.3 is 0 Å². The molecule has 0 N–H and O–H groups in total. The molecule has 0 nitrogen and oxygen atoms in total.